The summed E-state index contributed by atoms with van der Waals surface area (Å²) in [6.07, 6.45) is 7.32. The molecule has 1 atom stereocenters. The highest BCUT2D eigenvalue weighted by atomic mass is 16.1. The minimum absolute atomic E-state index is 0.0727. The van der Waals surface area contributed by atoms with Gasteiger partial charge in [0.05, 0.1) is 12.2 Å². The standard InChI is InChI=1S/C18H31N5O/c1-15-17(12-22-9-6-18(14-22)19-16(2)24)13-23(20-15)11-10-21-7-4-3-5-8-21/h13,18H,3-12,14H2,1-2H3,(H,19,24)/t18-/m0/s1. The van der Waals surface area contributed by atoms with Gasteiger partial charge in [-0.2, -0.15) is 5.10 Å². The van der Waals surface area contributed by atoms with E-state index in [2.05, 4.69) is 32.9 Å². The van der Waals surface area contributed by atoms with E-state index in [-0.39, 0.29) is 5.91 Å². The van der Waals surface area contributed by atoms with Gasteiger partial charge in [0.25, 0.3) is 0 Å². The summed E-state index contributed by atoms with van der Waals surface area (Å²) in [6.45, 7) is 11.2. The van der Waals surface area contributed by atoms with Crippen LogP contribution in [0.5, 0.6) is 0 Å². The Morgan fingerprint density at radius 3 is 2.75 bits per heavy atom. The van der Waals surface area contributed by atoms with Crippen LogP contribution >= 0.6 is 0 Å². The summed E-state index contributed by atoms with van der Waals surface area (Å²) in [6, 6.07) is 0.303. The summed E-state index contributed by atoms with van der Waals surface area (Å²) in [5, 5.41) is 7.73. The van der Waals surface area contributed by atoms with Crippen LogP contribution in [0.25, 0.3) is 0 Å². The molecule has 0 saturated carbocycles. The molecule has 3 rings (SSSR count). The number of aromatic nitrogens is 2. The topological polar surface area (TPSA) is 53.4 Å². The zero-order chi connectivity index (χ0) is 16.9. The van der Waals surface area contributed by atoms with Gasteiger partial charge in [0.2, 0.25) is 5.91 Å². The van der Waals surface area contributed by atoms with Crippen LogP contribution < -0.4 is 5.32 Å². The minimum Gasteiger partial charge on any atom is -0.352 e. The van der Waals surface area contributed by atoms with Crippen molar-refractivity contribution in [3.05, 3.63) is 17.5 Å². The Kier molecular flexibility index (Phi) is 5.89. The Labute approximate surface area is 145 Å². The number of piperidine rings is 1. The third-order valence-electron chi connectivity index (χ3n) is 5.22. The van der Waals surface area contributed by atoms with Crippen molar-refractivity contribution >= 4 is 5.91 Å². The van der Waals surface area contributed by atoms with Gasteiger partial charge < -0.3 is 10.2 Å². The van der Waals surface area contributed by atoms with Crippen LogP contribution in [0.3, 0.4) is 0 Å². The zero-order valence-corrected chi connectivity index (χ0v) is 15.1. The quantitative estimate of drug-likeness (QED) is 0.855. The van der Waals surface area contributed by atoms with E-state index in [4.69, 9.17) is 5.10 Å². The monoisotopic (exact) mass is 333 g/mol. The molecule has 2 saturated heterocycles. The largest absolute Gasteiger partial charge is 0.352 e. The zero-order valence-electron chi connectivity index (χ0n) is 15.1. The maximum atomic E-state index is 11.2. The molecule has 2 aliphatic heterocycles. The van der Waals surface area contributed by atoms with Gasteiger partial charge in [0.15, 0.2) is 0 Å². The Morgan fingerprint density at radius 1 is 1.21 bits per heavy atom. The number of rotatable bonds is 6. The highest BCUT2D eigenvalue weighted by Crippen LogP contribution is 2.16. The van der Waals surface area contributed by atoms with Gasteiger partial charge in [-0.25, -0.2) is 0 Å². The van der Waals surface area contributed by atoms with E-state index in [1.165, 1.54) is 37.9 Å². The van der Waals surface area contributed by atoms with Crippen molar-refractivity contribution in [2.24, 2.45) is 0 Å². The fourth-order valence-corrected chi connectivity index (χ4v) is 3.88. The SMILES string of the molecule is CC(=O)N[C@H]1CCN(Cc2cn(CCN3CCCCC3)nc2C)C1. The first-order valence-electron chi connectivity index (χ1n) is 9.35. The van der Waals surface area contributed by atoms with Crippen LogP contribution in [-0.2, 0) is 17.9 Å². The number of hydrogen-bond acceptors (Lipinski definition) is 4. The molecule has 1 N–H and O–H groups in total. The fraction of sp³-hybridized carbons (Fsp3) is 0.778. The van der Waals surface area contributed by atoms with Gasteiger partial charge in [0.1, 0.15) is 0 Å². The van der Waals surface area contributed by atoms with E-state index in [0.717, 1.165) is 44.8 Å². The molecular formula is C18H31N5O. The lowest BCUT2D eigenvalue weighted by Gasteiger charge is -2.26. The summed E-state index contributed by atoms with van der Waals surface area (Å²) in [5.74, 6) is 0.0727. The molecule has 0 radical (unpaired) electrons. The van der Waals surface area contributed by atoms with Crippen LogP contribution in [0.1, 0.15) is 43.9 Å². The Balaban J connectivity index is 1.48. The highest BCUT2D eigenvalue weighted by Gasteiger charge is 2.23. The molecule has 1 amide bonds. The molecule has 0 unspecified atom stereocenters. The van der Waals surface area contributed by atoms with E-state index in [9.17, 15) is 4.79 Å². The summed E-state index contributed by atoms with van der Waals surface area (Å²) in [5.41, 5.74) is 2.45. The van der Waals surface area contributed by atoms with Gasteiger partial charge in [-0.3, -0.25) is 14.4 Å². The van der Waals surface area contributed by atoms with Crippen molar-refractivity contribution in [2.45, 2.75) is 58.7 Å². The van der Waals surface area contributed by atoms with Gasteiger partial charge in [-0.15, -0.1) is 0 Å². The molecule has 6 heteroatoms. The second kappa shape index (κ2) is 8.12. The van der Waals surface area contributed by atoms with E-state index in [1.54, 1.807) is 6.92 Å². The number of nitrogens with zero attached hydrogens (tertiary/aromatic N) is 4. The molecule has 134 valence electrons. The molecule has 1 aromatic rings. The molecule has 6 nitrogen and oxygen atoms in total. The van der Waals surface area contributed by atoms with Crippen LogP contribution in [0, 0.1) is 6.92 Å². The lowest BCUT2D eigenvalue weighted by molar-refractivity contribution is -0.119. The van der Waals surface area contributed by atoms with Crippen LogP contribution in [0.15, 0.2) is 6.20 Å². The first kappa shape index (κ1) is 17.4. The maximum Gasteiger partial charge on any atom is 0.217 e. The Morgan fingerprint density at radius 2 is 2.00 bits per heavy atom. The molecule has 0 aromatic carbocycles. The Hall–Kier alpha value is -1.40. The number of amides is 1. The van der Waals surface area contributed by atoms with E-state index >= 15 is 0 Å². The van der Waals surface area contributed by atoms with Crippen molar-refractivity contribution in [2.75, 3.05) is 32.7 Å². The van der Waals surface area contributed by atoms with Gasteiger partial charge >= 0.3 is 0 Å². The number of likely N-dealkylation sites (tertiary alicyclic amines) is 2. The van der Waals surface area contributed by atoms with Crippen LogP contribution in [0.2, 0.25) is 0 Å². The smallest absolute Gasteiger partial charge is 0.217 e. The van der Waals surface area contributed by atoms with Crippen molar-refractivity contribution < 1.29 is 4.79 Å². The second-order valence-electron chi connectivity index (χ2n) is 7.33. The number of aryl methyl sites for hydroxylation is 1. The molecule has 2 aliphatic rings. The molecule has 0 aliphatic carbocycles. The highest BCUT2D eigenvalue weighted by molar-refractivity contribution is 5.73. The molecule has 3 heterocycles. The van der Waals surface area contributed by atoms with Crippen molar-refractivity contribution in [1.29, 1.82) is 0 Å². The fourth-order valence-electron chi connectivity index (χ4n) is 3.88. The third kappa shape index (κ3) is 4.80. The summed E-state index contributed by atoms with van der Waals surface area (Å²) >= 11 is 0. The summed E-state index contributed by atoms with van der Waals surface area (Å²) < 4.78 is 2.11. The minimum atomic E-state index is 0.0727. The van der Waals surface area contributed by atoms with Crippen LogP contribution in [0.4, 0.5) is 0 Å². The van der Waals surface area contributed by atoms with Gasteiger partial charge in [0, 0.05) is 50.9 Å². The predicted molar refractivity (Wildman–Crippen MR) is 94.8 cm³/mol. The normalized spacial score (nSPS) is 22.8. The van der Waals surface area contributed by atoms with E-state index < -0.39 is 0 Å². The molecular weight excluding hydrogens is 302 g/mol. The van der Waals surface area contributed by atoms with E-state index in [0.29, 0.717) is 6.04 Å². The first-order valence-corrected chi connectivity index (χ1v) is 9.35. The molecule has 24 heavy (non-hydrogen) atoms. The lowest BCUT2D eigenvalue weighted by atomic mass is 10.1. The number of carbonyl (C=O) groups excluding carboxylic acids is 1. The summed E-state index contributed by atoms with van der Waals surface area (Å²) in [7, 11) is 0. The average molecular weight is 333 g/mol. The average Bonchev–Trinajstić information content (AvgIpc) is 3.13. The van der Waals surface area contributed by atoms with Gasteiger partial charge in [-0.1, -0.05) is 6.42 Å². The van der Waals surface area contributed by atoms with Crippen molar-refractivity contribution in [3.8, 4) is 0 Å². The number of hydrogen-bond donors (Lipinski definition) is 1. The predicted octanol–water partition coefficient (Wildman–Crippen LogP) is 1.39. The molecule has 0 bridgehead atoms. The molecule has 0 spiro atoms. The number of nitrogens with one attached hydrogen (secondary N) is 1. The molecule has 1 aromatic heterocycles. The number of carbonyl (C=O) groups is 1. The van der Waals surface area contributed by atoms with Crippen molar-refractivity contribution in [3.63, 3.8) is 0 Å². The van der Waals surface area contributed by atoms with E-state index in [1.807, 2.05) is 0 Å². The first-order chi connectivity index (χ1) is 11.6. The maximum absolute atomic E-state index is 11.2. The van der Waals surface area contributed by atoms with Crippen LogP contribution in [-0.4, -0.2) is 64.3 Å². The van der Waals surface area contributed by atoms with Gasteiger partial charge in [-0.05, 0) is 39.3 Å². The summed E-state index contributed by atoms with van der Waals surface area (Å²) in [4.78, 5) is 16.1. The lowest BCUT2D eigenvalue weighted by Crippen LogP contribution is -2.35. The molecule has 2 fully saturated rings. The second-order valence-corrected chi connectivity index (χ2v) is 7.33. The van der Waals surface area contributed by atoms with Crippen molar-refractivity contribution in [1.82, 2.24) is 24.9 Å². The Bertz CT molecular complexity index is 550. The third-order valence-corrected chi connectivity index (χ3v) is 5.22.